The zero-order valence-electron chi connectivity index (χ0n) is 37.9. The molecule has 0 aliphatic carbocycles. The maximum atomic E-state index is 12.0. The zero-order valence-corrected chi connectivity index (χ0v) is 41.0. The molecule has 0 fully saturated rings. The number of carboxylic acid groups (broad SMARTS) is 1. The van der Waals surface area contributed by atoms with Gasteiger partial charge in [-0.15, -0.1) is 0 Å². The quantitative estimate of drug-likeness (QED) is 0.0377. The summed E-state index contributed by atoms with van der Waals surface area (Å²) in [6.07, 6.45) is 6.32. The molecular formula is C52H47Cl4N5O9. The van der Waals surface area contributed by atoms with E-state index in [2.05, 4.69) is 34.0 Å². The van der Waals surface area contributed by atoms with Crippen LogP contribution in [-0.2, 0) is 44.2 Å². The fraction of sp³-hybridized carbons (Fsp3) is 0.250. The molecule has 0 unspecified atom stereocenters. The zero-order chi connectivity index (χ0) is 50.6. The number of aromatic nitrogens is 2. The van der Waals surface area contributed by atoms with Crippen LogP contribution in [0.3, 0.4) is 0 Å². The van der Waals surface area contributed by atoms with Crippen molar-refractivity contribution in [2.24, 2.45) is 5.41 Å². The third kappa shape index (κ3) is 13.0. The molecular weight excluding hydrogens is 980 g/mol. The fourth-order valence-electron chi connectivity index (χ4n) is 6.87. The van der Waals surface area contributed by atoms with Crippen molar-refractivity contribution in [2.75, 3.05) is 13.2 Å². The van der Waals surface area contributed by atoms with E-state index in [1.807, 2.05) is 24.3 Å². The summed E-state index contributed by atoms with van der Waals surface area (Å²) in [5, 5.41) is 62.8. The first-order valence-corrected chi connectivity index (χ1v) is 23.0. The predicted octanol–water partition coefficient (Wildman–Crippen LogP) is 10.7. The number of aliphatic carboxylic acids is 1. The molecule has 0 radical (unpaired) electrons. The van der Waals surface area contributed by atoms with Crippen LogP contribution in [0.4, 0.5) is 0 Å². The van der Waals surface area contributed by atoms with Crippen molar-refractivity contribution in [3.05, 3.63) is 175 Å². The molecule has 4 aromatic carbocycles. The molecule has 5 N–H and O–H groups in total. The third-order valence-electron chi connectivity index (χ3n) is 11.5. The number of benzene rings is 4. The average Bonchev–Trinajstić information content (AvgIpc) is 3.36. The number of halogens is 4. The van der Waals surface area contributed by atoms with Gasteiger partial charge in [0.2, 0.25) is 0 Å². The Kier molecular flexibility index (Phi) is 18.0. The standard InChI is InChI=1S/C52H47Cl4N5O9/c1-31(64)52(3,30-63)61-24-39-15-43(54)47(17-45(39)68-26-35-13-33(19-58)21-60-23-35)70-28-38-7-5-9-41(49(38)56)40-8-4-6-37(48(40)55)27-69-46-16-44(67-25-34-12-32(18-57)20-59-22-34)36(14-42(46)53)10-11-51(2,29-62)50(65)66/h4-9,12-17,20-23,61-64H,1,10-11,24-30H2,2-3H3,(H,65,66)/t51-,52-/m1/s1. The van der Waals surface area contributed by atoms with Gasteiger partial charge in [0.05, 0.1) is 55.4 Å². The largest absolute Gasteiger partial charge is 0.511 e. The minimum Gasteiger partial charge on any atom is -0.511 e. The van der Waals surface area contributed by atoms with Gasteiger partial charge in [-0.2, -0.15) is 10.5 Å². The lowest BCUT2D eigenvalue weighted by molar-refractivity contribution is -0.150. The Morgan fingerprint density at radius 2 is 1.13 bits per heavy atom. The molecule has 0 aliphatic heterocycles. The highest BCUT2D eigenvalue weighted by atomic mass is 35.5. The molecule has 0 saturated carbocycles. The van der Waals surface area contributed by atoms with Gasteiger partial charge in [-0.3, -0.25) is 20.1 Å². The monoisotopic (exact) mass is 1030 g/mol. The number of ether oxygens (including phenoxy) is 4. The highest BCUT2D eigenvalue weighted by Gasteiger charge is 2.33. The van der Waals surface area contributed by atoms with Gasteiger partial charge >= 0.3 is 5.97 Å². The van der Waals surface area contributed by atoms with E-state index in [0.29, 0.717) is 77.2 Å². The Labute approximate surface area is 424 Å². The fourth-order valence-corrected chi connectivity index (χ4v) is 7.91. The maximum Gasteiger partial charge on any atom is 0.311 e. The molecule has 6 aromatic rings. The van der Waals surface area contributed by atoms with Gasteiger partial charge in [-0.25, -0.2) is 0 Å². The van der Waals surface area contributed by atoms with Gasteiger partial charge in [-0.05, 0) is 56.5 Å². The van der Waals surface area contributed by atoms with Crippen molar-refractivity contribution < 1.29 is 44.2 Å². The number of hydrogen-bond acceptors (Lipinski definition) is 13. The summed E-state index contributed by atoms with van der Waals surface area (Å²) in [5.41, 5.74) is 2.96. The van der Waals surface area contributed by atoms with Crippen molar-refractivity contribution in [1.29, 1.82) is 10.5 Å². The number of carbonyl (C=O) groups is 1. The van der Waals surface area contributed by atoms with Gasteiger partial charge in [0, 0.05) is 82.4 Å². The van der Waals surface area contributed by atoms with E-state index < -0.39 is 30.1 Å². The van der Waals surface area contributed by atoms with E-state index in [-0.39, 0.29) is 73.1 Å². The van der Waals surface area contributed by atoms with E-state index in [1.54, 1.807) is 67.8 Å². The van der Waals surface area contributed by atoms with Crippen LogP contribution in [0, 0.1) is 28.1 Å². The van der Waals surface area contributed by atoms with Gasteiger partial charge < -0.3 is 39.4 Å². The summed E-state index contributed by atoms with van der Waals surface area (Å²) >= 11 is 27.7. The highest BCUT2D eigenvalue weighted by Crippen LogP contribution is 2.41. The number of pyridine rings is 2. The second-order valence-electron chi connectivity index (χ2n) is 16.7. The van der Waals surface area contributed by atoms with E-state index in [0.717, 1.165) is 0 Å². The van der Waals surface area contributed by atoms with Crippen molar-refractivity contribution in [1.82, 2.24) is 15.3 Å². The first-order chi connectivity index (χ1) is 33.5. The molecule has 0 aliphatic rings. The van der Waals surface area contributed by atoms with Crippen molar-refractivity contribution in [3.63, 3.8) is 0 Å². The SMILES string of the molecule is C=C(O)[C@@](C)(CO)NCc1cc(Cl)c(OCc2cccc(-c3cccc(COc4cc(OCc5cncc(C#N)c5)c(CC[C@](C)(CO)C(=O)O)cc4Cl)c3Cl)c2Cl)cc1OCc1cncc(C#N)c1. The number of nitriles is 2. The smallest absolute Gasteiger partial charge is 0.311 e. The number of nitrogens with one attached hydrogen (secondary N) is 1. The van der Waals surface area contributed by atoms with E-state index >= 15 is 0 Å². The van der Waals surface area contributed by atoms with Gasteiger partial charge in [0.1, 0.15) is 67.3 Å². The molecule has 18 heteroatoms. The lowest BCUT2D eigenvalue weighted by Gasteiger charge is -2.28. The van der Waals surface area contributed by atoms with E-state index in [4.69, 9.17) is 65.4 Å². The molecule has 2 heterocycles. The third-order valence-corrected chi connectivity index (χ3v) is 13.0. The summed E-state index contributed by atoms with van der Waals surface area (Å²) in [6, 6.07) is 24.8. The first kappa shape index (κ1) is 52.8. The molecule has 0 bridgehead atoms. The van der Waals surface area contributed by atoms with Gasteiger partial charge in [-0.1, -0.05) is 89.4 Å². The Morgan fingerprint density at radius 3 is 1.57 bits per heavy atom. The first-order valence-electron chi connectivity index (χ1n) is 21.5. The second-order valence-corrected chi connectivity index (χ2v) is 18.3. The number of aliphatic hydroxyl groups is 3. The van der Waals surface area contributed by atoms with Crippen LogP contribution in [0.25, 0.3) is 11.1 Å². The maximum absolute atomic E-state index is 12.0. The molecule has 14 nitrogen and oxygen atoms in total. The molecule has 0 spiro atoms. The Bertz CT molecular complexity index is 2780. The molecule has 6 rings (SSSR count). The summed E-state index contributed by atoms with van der Waals surface area (Å²) in [5.74, 6) is -0.150. The minimum atomic E-state index is -1.41. The Balaban J connectivity index is 1.22. The number of aryl methyl sites for hydroxylation is 1. The van der Waals surface area contributed by atoms with Crippen LogP contribution in [0.1, 0.15) is 64.8 Å². The van der Waals surface area contributed by atoms with Crippen LogP contribution >= 0.6 is 46.4 Å². The lowest BCUT2D eigenvalue weighted by Crippen LogP contribution is -2.46. The molecule has 0 amide bonds. The van der Waals surface area contributed by atoms with Crippen LogP contribution in [0.2, 0.25) is 20.1 Å². The predicted molar refractivity (Wildman–Crippen MR) is 265 cm³/mol. The van der Waals surface area contributed by atoms with Crippen molar-refractivity contribution in [3.8, 4) is 46.3 Å². The second kappa shape index (κ2) is 23.8. The van der Waals surface area contributed by atoms with Crippen molar-refractivity contribution in [2.45, 2.75) is 65.2 Å². The number of nitrogens with zero attached hydrogens (tertiary/aromatic N) is 4. The van der Waals surface area contributed by atoms with Crippen LogP contribution in [-0.4, -0.2) is 55.1 Å². The Hall–Kier alpha value is -6.59. The van der Waals surface area contributed by atoms with E-state index in [9.17, 15) is 35.7 Å². The van der Waals surface area contributed by atoms with Crippen LogP contribution in [0.15, 0.2) is 110 Å². The van der Waals surface area contributed by atoms with Crippen LogP contribution in [0.5, 0.6) is 23.0 Å². The highest BCUT2D eigenvalue weighted by molar-refractivity contribution is 6.37. The van der Waals surface area contributed by atoms with Gasteiger partial charge in [0.25, 0.3) is 0 Å². The summed E-state index contributed by atoms with van der Waals surface area (Å²) in [6.45, 7) is 5.78. The van der Waals surface area contributed by atoms with E-state index in [1.165, 1.54) is 19.3 Å². The average molecular weight is 1030 g/mol. The molecule has 362 valence electrons. The normalized spacial score (nSPS) is 12.7. The summed E-state index contributed by atoms with van der Waals surface area (Å²) < 4.78 is 24.9. The lowest BCUT2D eigenvalue weighted by atomic mass is 9.85. The number of aliphatic hydroxyl groups excluding tert-OH is 3. The topological polar surface area (TPSA) is 220 Å². The molecule has 0 saturated heterocycles. The molecule has 2 aromatic heterocycles. The molecule has 70 heavy (non-hydrogen) atoms. The number of hydrogen-bond donors (Lipinski definition) is 5. The number of carboxylic acids is 1. The Morgan fingerprint density at radius 1 is 0.657 bits per heavy atom. The van der Waals surface area contributed by atoms with Crippen LogP contribution < -0.4 is 24.3 Å². The van der Waals surface area contributed by atoms with Crippen molar-refractivity contribution >= 4 is 52.4 Å². The minimum absolute atomic E-state index is 0.0143. The van der Waals surface area contributed by atoms with Gasteiger partial charge in [0.15, 0.2) is 0 Å². The number of rotatable bonds is 23. The summed E-state index contributed by atoms with van der Waals surface area (Å²) in [4.78, 5) is 20.2. The summed E-state index contributed by atoms with van der Waals surface area (Å²) in [7, 11) is 0. The molecule has 2 atom stereocenters.